The molecule has 0 nitrogen and oxygen atoms in total. The summed E-state index contributed by atoms with van der Waals surface area (Å²) in [4.78, 5) is 0. The first-order valence-corrected chi connectivity index (χ1v) is 3.98. The molecule has 50 valence electrons. The van der Waals surface area contributed by atoms with Crippen LogP contribution in [0.2, 0.25) is 0 Å². The molecule has 1 saturated carbocycles. The second kappa shape index (κ2) is 1.62. The minimum atomic E-state index is 0.906. The fourth-order valence-electron chi connectivity index (χ4n) is 2.29. The van der Waals surface area contributed by atoms with Crippen LogP contribution < -0.4 is 0 Å². The highest BCUT2D eigenvalue weighted by atomic mass is 14.4. The van der Waals surface area contributed by atoms with E-state index in [0.29, 0.717) is 0 Å². The van der Waals surface area contributed by atoms with Crippen molar-refractivity contribution in [2.75, 3.05) is 0 Å². The standard InChI is InChI=1S/C9H14/c1-6-7(2)9-4-3-8(6)5-9/h3,6-7,9H,4-5H2,1-2H3. The molecule has 2 aliphatic carbocycles. The van der Waals surface area contributed by atoms with Crippen molar-refractivity contribution in [1.29, 1.82) is 0 Å². The van der Waals surface area contributed by atoms with Gasteiger partial charge < -0.3 is 0 Å². The maximum Gasteiger partial charge on any atom is -0.0203 e. The van der Waals surface area contributed by atoms with E-state index in [9.17, 15) is 0 Å². The van der Waals surface area contributed by atoms with E-state index >= 15 is 0 Å². The first kappa shape index (κ1) is 5.52. The Hall–Kier alpha value is -0.260. The van der Waals surface area contributed by atoms with E-state index in [1.807, 2.05) is 0 Å². The second-order valence-electron chi connectivity index (χ2n) is 3.63. The summed E-state index contributed by atoms with van der Waals surface area (Å²) in [5.41, 5.74) is 1.74. The Kier molecular flexibility index (Phi) is 0.992. The second-order valence-corrected chi connectivity index (χ2v) is 3.63. The van der Waals surface area contributed by atoms with Gasteiger partial charge in [0.2, 0.25) is 0 Å². The monoisotopic (exact) mass is 122 g/mol. The molecule has 9 heavy (non-hydrogen) atoms. The molecule has 0 aliphatic heterocycles. The van der Waals surface area contributed by atoms with Gasteiger partial charge in [-0.2, -0.15) is 0 Å². The highest BCUT2D eigenvalue weighted by Crippen LogP contribution is 2.47. The maximum atomic E-state index is 2.45. The molecule has 0 N–H and O–H groups in total. The SMILES string of the molecule is CC1C2=CCC(C2)C1C. The van der Waals surface area contributed by atoms with Gasteiger partial charge in [0.1, 0.15) is 0 Å². The lowest BCUT2D eigenvalue weighted by Crippen LogP contribution is -2.10. The molecular weight excluding hydrogens is 108 g/mol. The number of hydrogen-bond acceptors (Lipinski definition) is 0. The van der Waals surface area contributed by atoms with Crippen molar-refractivity contribution in [1.82, 2.24) is 0 Å². The smallest absolute Gasteiger partial charge is 0.0203 e. The fourth-order valence-corrected chi connectivity index (χ4v) is 2.29. The van der Waals surface area contributed by atoms with Crippen LogP contribution in [0.3, 0.4) is 0 Å². The van der Waals surface area contributed by atoms with E-state index in [0.717, 1.165) is 17.8 Å². The molecule has 1 fully saturated rings. The zero-order valence-corrected chi connectivity index (χ0v) is 6.22. The molecule has 0 aromatic carbocycles. The lowest BCUT2D eigenvalue weighted by molar-refractivity contribution is 0.358. The van der Waals surface area contributed by atoms with Crippen LogP contribution in [-0.4, -0.2) is 0 Å². The molecule has 0 heteroatoms. The van der Waals surface area contributed by atoms with Crippen LogP contribution in [0.1, 0.15) is 26.7 Å². The summed E-state index contributed by atoms with van der Waals surface area (Å²) >= 11 is 0. The van der Waals surface area contributed by atoms with Crippen LogP contribution in [0.5, 0.6) is 0 Å². The molecule has 3 unspecified atom stereocenters. The molecule has 3 atom stereocenters. The van der Waals surface area contributed by atoms with E-state index in [-0.39, 0.29) is 0 Å². The summed E-state index contributed by atoms with van der Waals surface area (Å²) in [5.74, 6) is 2.91. The number of hydrogen-bond donors (Lipinski definition) is 0. The Balaban J connectivity index is 2.29. The molecule has 2 aliphatic rings. The molecule has 0 saturated heterocycles. The third kappa shape index (κ3) is 0.593. The van der Waals surface area contributed by atoms with E-state index in [1.165, 1.54) is 12.8 Å². The van der Waals surface area contributed by atoms with Gasteiger partial charge in [-0.25, -0.2) is 0 Å². The predicted molar refractivity (Wildman–Crippen MR) is 39.1 cm³/mol. The van der Waals surface area contributed by atoms with Gasteiger partial charge in [0.25, 0.3) is 0 Å². The van der Waals surface area contributed by atoms with E-state index in [4.69, 9.17) is 0 Å². The molecule has 0 aromatic rings. The molecule has 0 radical (unpaired) electrons. The Labute approximate surface area is 57.0 Å². The molecule has 0 heterocycles. The van der Waals surface area contributed by atoms with E-state index in [1.54, 1.807) is 5.57 Å². The largest absolute Gasteiger partial charge is 0.0847 e. The third-order valence-electron chi connectivity index (χ3n) is 3.30. The van der Waals surface area contributed by atoms with Crippen LogP contribution >= 0.6 is 0 Å². The number of fused-ring (bicyclic) bond motifs is 2. The highest BCUT2D eigenvalue weighted by Gasteiger charge is 2.36. The normalized spacial score (nSPS) is 47.8. The van der Waals surface area contributed by atoms with E-state index in [2.05, 4.69) is 19.9 Å². The zero-order valence-electron chi connectivity index (χ0n) is 6.22. The minimum absolute atomic E-state index is 0.906. The van der Waals surface area contributed by atoms with Crippen molar-refractivity contribution in [3.8, 4) is 0 Å². The predicted octanol–water partition coefficient (Wildman–Crippen LogP) is 2.61. The molecule has 2 rings (SSSR count). The van der Waals surface area contributed by atoms with Gasteiger partial charge in [0.15, 0.2) is 0 Å². The third-order valence-corrected chi connectivity index (χ3v) is 3.30. The lowest BCUT2D eigenvalue weighted by atomic mass is 9.87. The number of rotatable bonds is 0. The molecule has 0 amide bonds. The highest BCUT2D eigenvalue weighted by molar-refractivity contribution is 5.20. The minimum Gasteiger partial charge on any atom is -0.0847 e. The summed E-state index contributed by atoms with van der Waals surface area (Å²) in [6, 6.07) is 0. The van der Waals surface area contributed by atoms with Gasteiger partial charge in [0, 0.05) is 0 Å². The Morgan fingerprint density at radius 2 is 2.22 bits per heavy atom. The van der Waals surface area contributed by atoms with Crippen molar-refractivity contribution < 1.29 is 0 Å². The maximum absolute atomic E-state index is 2.45. The quantitative estimate of drug-likeness (QED) is 0.433. The first-order valence-electron chi connectivity index (χ1n) is 3.98. The van der Waals surface area contributed by atoms with Gasteiger partial charge in [0.05, 0.1) is 0 Å². The molecule has 0 spiro atoms. The zero-order chi connectivity index (χ0) is 6.43. The fraction of sp³-hybridized carbons (Fsp3) is 0.778. The molecular formula is C9H14. The first-order chi connectivity index (χ1) is 4.29. The van der Waals surface area contributed by atoms with Crippen LogP contribution in [0.4, 0.5) is 0 Å². The average molecular weight is 122 g/mol. The Bertz CT molecular complexity index is 155. The van der Waals surface area contributed by atoms with Crippen molar-refractivity contribution in [3.63, 3.8) is 0 Å². The topological polar surface area (TPSA) is 0 Å². The summed E-state index contributed by atoms with van der Waals surface area (Å²) in [7, 11) is 0. The van der Waals surface area contributed by atoms with Crippen LogP contribution in [-0.2, 0) is 0 Å². The summed E-state index contributed by atoms with van der Waals surface area (Å²) in [6.45, 7) is 4.77. The van der Waals surface area contributed by atoms with Gasteiger partial charge in [-0.1, -0.05) is 25.5 Å². The van der Waals surface area contributed by atoms with Crippen LogP contribution in [0.25, 0.3) is 0 Å². The van der Waals surface area contributed by atoms with Crippen LogP contribution in [0, 0.1) is 17.8 Å². The van der Waals surface area contributed by atoms with Crippen molar-refractivity contribution in [3.05, 3.63) is 11.6 Å². The van der Waals surface area contributed by atoms with Crippen molar-refractivity contribution >= 4 is 0 Å². The summed E-state index contributed by atoms with van der Waals surface area (Å²) < 4.78 is 0. The van der Waals surface area contributed by atoms with E-state index < -0.39 is 0 Å². The van der Waals surface area contributed by atoms with Gasteiger partial charge in [-0.05, 0) is 30.6 Å². The Morgan fingerprint density at radius 1 is 1.44 bits per heavy atom. The van der Waals surface area contributed by atoms with Gasteiger partial charge in [-0.3, -0.25) is 0 Å². The number of allylic oxidation sites excluding steroid dienone is 2. The summed E-state index contributed by atoms with van der Waals surface area (Å²) in [6.07, 6.45) is 5.25. The van der Waals surface area contributed by atoms with Crippen LogP contribution in [0.15, 0.2) is 11.6 Å². The van der Waals surface area contributed by atoms with Crippen molar-refractivity contribution in [2.45, 2.75) is 26.7 Å². The molecule has 2 bridgehead atoms. The molecule has 0 aromatic heterocycles. The van der Waals surface area contributed by atoms with Crippen molar-refractivity contribution in [2.24, 2.45) is 17.8 Å². The summed E-state index contributed by atoms with van der Waals surface area (Å²) in [5, 5.41) is 0. The van der Waals surface area contributed by atoms with Gasteiger partial charge in [-0.15, -0.1) is 0 Å². The lowest BCUT2D eigenvalue weighted by Gasteiger charge is -2.18. The Morgan fingerprint density at radius 3 is 2.56 bits per heavy atom. The average Bonchev–Trinajstić information content (AvgIpc) is 2.37. The van der Waals surface area contributed by atoms with Gasteiger partial charge >= 0.3 is 0 Å².